The van der Waals surface area contributed by atoms with Gasteiger partial charge in [-0.1, -0.05) is 29.8 Å². The number of carbonyl (C=O) groups is 1. The Kier molecular flexibility index (Phi) is 3.14. The van der Waals surface area contributed by atoms with Gasteiger partial charge in [-0.3, -0.25) is 4.79 Å². The zero-order valence-electron chi connectivity index (χ0n) is 11.2. The van der Waals surface area contributed by atoms with Gasteiger partial charge in [-0.25, -0.2) is 0 Å². The summed E-state index contributed by atoms with van der Waals surface area (Å²) >= 11 is 6.11. The topological polar surface area (TPSA) is 46.3 Å². The van der Waals surface area contributed by atoms with Crippen LogP contribution in [0, 0.1) is 6.92 Å². The number of nitrogens with zero attached hydrogens (tertiary/aromatic N) is 1. The Hall–Kier alpha value is -2.00. The zero-order valence-corrected chi connectivity index (χ0v) is 11.9. The number of anilines is 2. The second-order valence-corrected chi connectivity index (χ2v) is 5.43. The van der Waals surface area contributed by atoms with Crippen LogP contribution in [-0.4, -0.2) is 12.5 Å². The molecule has 0 bridgehead atoms. The van der Waals surface area contributed by atoms with E-state index >= 15 is 0 Å². The molecular weight excluding hydrogens is 272 g/mol. The number of nitrogens with two attached hydrogens (primary N) is 1. The molecule has 1 amide bonds. The molecule has 0 spiro atoms. The minimum Gasteiger partial charge on any atom is -0.398 e. The van der Waals surface area contributed by atoms with E-state index in [1.807, 2.05) is 25.1 Å². The molecular formula is C16H15ClN2O. The fourth-order valence-corrected chi connectivity index (χ4v) is 2.78. The molecule has 1 aliphatic rings. The maximum Gasteiger partial charge on any atom is 0.259 e. The van der Waals surface area contributed by atoms with Gasteiger partial charge in [0, 0.05) is 17.9 Å². The van der Waals surface area contributed by atoms with Crippen LogP contribution < -0.4 is 10.6 Å². The number of fused-ring (bicyclic) bond motifs is 1. The first-order valence-electron chi connectivity index (χ1n) is 6.53. The average Bonchev–Trinajstić information content (AvgIpc) is 2.82. The molecule has 0 radical (unpaired) electrons. The van der Waals surface area contributed by atoms with E-state index < -0.39 is 0 Å². The molecule has 0 aliphatic carbocycles. The lowest BCUT2D eigenvalue weighted by molar-refractivity contribution is 0.0989. The average molecular weight is 287 g/mol. The van der Waals surface area contributed by atoms with Crippen LogP contribution in [0.2, 0.25) is 5.02 Å². The summed E-state index contributed by atoms with van der Waals surface area (Å²) in [5.74, 6) is -0.0717. The van der Waals surface area contributed by atoms with Crippen molar-refractivity contribution in [3.05, 3.63) is 58.1 Å². The van der Waals surface area contributed by atoms with Crippen LogP contribution in [-0.2, 0) is 6.42 Å². The fourth-order valence-electron chi connectivity index (χ4n) is 2.57. The van der Waals surface area contributed by atoms with Crippen LogP contribution in [0.5, 0.6) is 0 Å². The highest BCUT2D eigenvalue weighted by atomic mass is 35.5. The molecule has 0 saturated heterocycles. The lowest BCUT2D eigenvalue weighted by Crippen LogP contribution is -2.29. The Morgan fingerprint density at radius 2 is 2.05 bits per heavy atom. The molecule has 2 aromatic carbocycles. The number of nitrogen functional groups attached to an aromatic ring is 1. The van der Waals surface area contributed by atoms with Crippen molar-refractivity contribution in [3.63, 3.8) is 0 Å². The van der Waals surface area contributed by atoms with Crippen molar-refractivity contribution in [3.8, 4) is 0 Å². The number of hydrogen-bond donors (Lipinski definition) is 1. The van der Waals surface area contributed by atoms with Gasteiger partial charge < -0.3 is 10.6 Å². The van der Waals surface area contributed by atoms with Crippen molar-refractivity contribution in [1.29, 1.82) is 0 Å². The van der Waals surface area contributed by atoms with E-state index in [-0.39, 0.29) is 5.91 Å². The maximum absolute atomic E-state index is 12.6. The largest absolute Gasteiger partial charge is 0.398 e. The number of benzene rings is 2. The molecule has 1 aliphatic heterocycles. The zero-order chi connectivity index (χ0) is 14.3. The van der Waals surface area contributed by atoms with Crippen LogP contribution in [0.3, 0.4) is 0 Å². The van der Waals surface area contributed by atoms with Gasteiger partial charge in [-0.05, 0) is 42.7 Å². The molecule has 4 heteroatoms. The van der Waals surface area contributed by atoms with Gasteiger partial charge in [0.05, 0.1) is 10.6 Å². The highest BCUT2D eigenvalue weighted by molar-refractivity contribution is 6.34. The van der Waals surface area contributed by atoms with Gasteiger partial charge in [-0.2, -0.15) is 0 Å². The molecule has 3 nitrogen and oxygen atoms in total. The summed E-state index contributed by atoms with van der Waals surface area (Å²) in [6, 6.07) is 11.1. The maximum atomic E-state index is 12.6. The van der Waals surface area contributed by atoms with Crippen LogP contribution in [0.4, 0.5) is 11.4 Å². The molecule has 20 heavy (non-hydrogen) atoms. The van der Waals surface area contributed by atoms with Gasteiger partial charge in [0.15, 0.2) is 0 Å². The summed E-state index contributed by atoms with van der Waals surface area (Å²) in [6.45, 7) is 2.65. The quantitative estimate of drug-likeness (QED) is 0.816. The Bertz CT molecular complexity index is 697. The summed E-state index contributed by atoms with van der Waals surface area (Å²) in [5, 5.41) is 0.478. The smallest absolute Gasteiger partial charge is 0.259 e. The van der Waals surface area contributed by atoms with Crippen molar-refractivity contribution in [2.75, 3.05) is 17.2 Å². The minimum absolute atomic E-state index is 0.0717. The summed E-state index contributed by atoms with van der Waals surface area (Å²) in [6.07, 6.45) is 0.854. The van der Waals surface area contributed by atoms with Crippen molar-refractivity contribution in [2.45, 2.75) is 13.3 Å². The van der Waals surface area contributed by atoms with E-state index in [9.17, 15) is 4.79 Å². The van der Waals surface area contributed by atoms with Crippen LogP contribution in [0.15, 0.2) is 36.4 Å². The Labute approximate surface area is 123 Å². The first-order chi connectivity index (χ1) is 9.58. The van der Waals surface area contributed by atoms with Crippen molar-refractivity contribution >= 4 is 28.9 Å². The van der Waals surface area contributed by atoms with Gasteiger partial charge >= 0.3 is 0 Å². The third-order valence-corrected chi connectivity index (χ3v) is 4.04. The summed E-state index contributed by atoms with van der Waals surface area (Å²) in [7, 11) is 0. The lowest BCUT2D eigenvalue weighted by Gasteiger charge is -2.18. The molecule has 3 rings (SSSR count). The molecule has 1 heterocycles. The predicted octanol–water partition coefficient (Wildman–Crippen LogP) is 3.43. The standard InChI is InChI=1S/C16H15ClN2O/c1-10-8-11-6-7-19(15(11)9-14(10)18)16(20)12-4-2-3-5-13(12)17/h2-5,8-9H,6-7,18H2,1H3. The van der Waals surface area contributed by atoms with E-state index in [1.165, 1.54) is 0 Å². The number of halogens is 1. The van der Waals surface area contributed by atoms with Gasteiger partial charge in [-0.15, -0.1) is 0 Å². The predicted molar refractivity (Wildman–Crippen MR) is 82.4 cm³/mol. The Morgan fingerprint density at radius 3 is 2.80 bits per heavy atom. The number of rotatable bonds is 1. The van der Waals surface area contributed by atoms with Crippen molar-refractivity contribution < 1.29 is 4.79 Å². The number of aryl methyl sites for hydroxylation is 1. The Morgan fingerprint density at radius 1 is 1.30 bits per heavy atom. The molecule has 0 unspecified atom stereocenters. The second kappa shape index (κ2) is 4.84. The monoisotopic (exact) mass is 286 g/mol. The van der Waals surface area contributed by atoms with E-state index in [4.69, 9.17) is 17.3 Å². The molecule has 2 aromatic rings. The van der Waals surface area contributed by atoms with E-state index in [2.05, 4.69) is 6.07 Å². The Balaban J connectivity index is 2.01. The highest BCUT2D eigenvalue weighted by Gasteiger charge is 2.27. The lowest BCUT2D eigenvalue weighted by atomic mass is 10.1. The molecule has 0 aromatic heterocycles. The molecule has 0 saturated carbocycles. The SMILES string of the molecule is Cc1cc2c(cc1N)N(C(=O)c1ccccc1Cl)CC2. The third kappa shape index (κ3) is 2.04. The first-order valence-corrected chi connectivity index (χ1v) is 6.91. The van der Waals surface area contributed by atoms with Gasteiger partial charge in [0.1, 0.15) is 0 Å². The molecule has 0 fully saturated rings. The van der Waals surface area contributed by atoms with Gasteiger partial charge in [0.2, 0.25) is 0 Å². The second-order valence-electron chi connectivity index (χ2n) is 5.02. The number of carbonyl (C=O) groups excluding carboxylic acids is 1. The van der Waals surface area contributed by atoms with Crippen molar-refractivity contribution in [1.82, 2.24) is 0 Å². The van der Waals surface area contributed by atoms with Crippen molar-refractivity contribution in [2.24, 2.45) is 0 Å². The minimum atomic E-state index is -0.0717. The first kappa shape index (κ1) is 13.0. The van der Waals surface area contributed by atoms with Crippen LogP contribution >= 0.6 is 11.6 Å². The van der Waals surface area contributed by atoms with Gasteiger partial charge in [0.25, 0.3) is 5.91 Å². The van der Waals surface area contributed by atoms with E-state index in [0.717, 1.165) is 23.2 Å². The molecule has 0 atom stereocenters. The number of amides is 1. The van der Waals surface area contributed by atoms with E-state index in [1.54, 1.807) is 17.0 Å². The summed E-state index contributed by atoms with van der Waals surface area (Å²) in [5.41, 5.74) is 10.3. The fraction of sp³-hybridized carbons (Fsp3) is 0.188. The third-order valence-electron chi connectivity index (χ3n) is 3.71. The molecule has 102 valence electrons. The molecule has 2 N–H and O–H groups in total. The summed E-state index contributed by atoms with van der Waals surface area (Å²) in [4.78, 5) is 14.4. The summed E-state index contributed by atoms with van der Waals surface area (Å²) < 4.78 is 0. The highest BCUT2D eigenvalue weighted by Crippen LogP contribution is 2.33. The van der Waals surface area contributed by atoms with Crippen LogP contribution in [0.25, 0.3) is 0 Å². The van der Waals surface area contributed by atoms with E-state index in [0.29, 0.717) is 22.8 Å². The normalized spacial score (nSPS) is 13.4. The number of hydrogen-bond acceptors (Lipinski definition) is 2. The van der Waals surface area contributed by atoms with Crippen LogP contribution in [0.1, 0.15) is 21.5 Å².